The fourth-order valence-electron chi connectivity index (χ4n) is 2.51. The normalized spacial score (nSPS) is 12.8. The van der Waals surface area contributed by atoms with Gasteiger partial charge in [0.05, 0.1) is 4.83 Å². The molecule has 1 atom stereocenters. The fourth-order valence-corrected chi connectivity index (χ4v) is 5.16. The lowest BCUT2D eigenvalue weighted by molar-refractivity contribution is 1.06. The number of benzene rings is 2. The van der Waals surface area contributed by atoms with Crippen molar-refractivity contribution in [2.24, 2.45) is 0 Å². The van der Waals surface area contributed by atoms with E-state index in [1.807, 2.05) is 0 Å². The van der Waals surface area contributed by atoms with Crippen molar-refractivity contribution in [2.45, 2.75) is 18.2 Å². The van der Waals surface area contributed by atoms with Crippen molar-refractivity contribution >= 4 is 53.3 Å². The summed E-state index contributed by atoms with van der Waals surface area (Å²) in [7, 11) is 0. The molecule has 3 aromatic rings. The predicted molar refractivity (Wildman–Crippen MR) is 96.1 cm³/mol. The van der Waals surface area contributed by atoms with Crippen molar-refractivity contribution in [3.8, 4) is 0 Å². The van der Waals surface area contributed by atoms with Gasteiger partial charge in [0.25, 0.3) is 0 Å². The smallest absolute Gasteiger partial charge is 0.0661 e. The van der Waals surface area contributed by atoms with E-state index in [-0.39, 0.29) is 4.83 Å². The minimum atomic E-state index is 0.252. The molecule has 0 radical (unpaired) electrons. The zero-order chi connectivity index (χ0) is 14.1. The molecule has 1 unspecified atom stereocenters. The van der Waals surface area contributed by atoms with Gasteiger partial charge in [0.15, 0.2) is 0 Å². The van der Waals surface area contributed by atoms with Crippen LogP contribution in [0.4, 0.5) is 0 Å². The molecule has 0 fully saturated rings. The first-order valence-electron chi connectivity index (χ1n) is 6.60. The SMILES string of the molecule is CCc1ccccc1C(Br)c1csc2c(Br)cccc12. The fraction of sp³-hybridized carbons (Fsp3) is 0.176. The van der Waals surface area contributed by atoms with Gasteiger partial charge in [-0.2, -0.15) is 0 Å². The average molecular weight is 410 g/mol. The first kappa shape index (κ1) is 14.3. The summed E-state index contributed by atoms with van der Waals surface area (Å²) in [6, 6.07) is 15.1. The van der Waals surface area contributed by atoms with E-state index in [4.69, 9.17) is 0 Å². The van der Waals surface area contributed by atoms with Crippen molar-refractivity contribution < 1.29 is 0 Å². The molecular weight excluding hydrogens is 396 g/mol. The van der Waals surface area contributed by atoms with Gasteiger partial charge in [-0.05, 0) is 55.9 Å². The predicted octanol–water partition coefficient (Wildman–Crippen LogP) is 6.71. The quantitative estimate of drug-likeness (QED) is 0.421. The second-order valence-corrected chi connectivity index (χ2v) is 7.37. The second kappa shape index (κ2) is 6.00. The van der Waals surface area contributed by atoms with Gasteiger partial charge < -0.3 is 0 Å². The number of halogens is 2. The van der Waals surface area contributed by atoms with Crippen molar-refractivity contribution in [1.29, 1.82) is 0 Å². The number of thiophene rings is 1. The van der Waals surface area contributed by atoms with Gasteiger partial charge in [-0.1, -0.05) is 59.3 Å². The Balaban J connectivity index is 2.13. The van der Waals surface area contributed by atoms with E-state index in [0.29, 0.717) is 0 Å². The van der Waals surface area contributed by atoms with E-state index in [1.165, 1.54) is 31.2 Å². The minimum absolute atomic E-state index is 0.252. The van der Waals surface area contributed by atoms with Crippen LogP contribution >= 0.6 is 43.2 Å². The maximum Gasteiger partial charge on any atom is 0.0661 e. The van der Waals surface area contributed by atoms with Gasteiger partial charge >= 0.3 is 0 Å². The van der Waals surface area contributed by atoms with E-state index in [2.05, 4.69) is 86.6 Å². The van der Waals surface area contributed by atoms with Crippen LogP contribution in [0.3, 0.4) is 0 Å². The van der Waals surface area contributed by atoms with Crippen LogP contribution in [0.1, 0.15) is 28.4 Å². The molecule has 1 heterocycles. The topological polar surface area (TPSA) is 0 Å². The van der Waals surface area contributed by atoms with E-state index >= 15 is 0 Å². The Morgan fingerprint density at radius 1 is 1.05 bits per heavy atom. The van der Waals surface area contributed by atoms with Crippen LogP contribution in [-0.4, -0.2) is 0 Å². The van der Waals surface area contributed by atoms with Crippen LogP contribution in [-0.2, 0) is 6.42 Å². The molecule has 0 N–H and O–H groups in total. The lowest BCUT2D eigenvalue weighted by Crippen LogP contribution is -1.97. The van der Waals surface area contributed by atoms with E-state index in [0.717, 1.165) is 6.42 Å². The summed E-state index contributed by atoms with van der Waals surface area (Å²) in [5.41, 5.74) is 4.13. The molecule has 20 heavy (non-hydrogen) atoms. The van der Waals surface area contributed by atoms with Crippen molar-refractivity contribution in [3.63, 3.8) is 0 Å². The number of alkyl halides is 1. The summed E-state index contributed by atoms with van der Waals surface area (Å²) < 4.78 is 2.50. The number of hydrogen-bond donors (Lipinski definition) is 0. The van der Waals surface area contributed by atoms with Crippen molar-refractivity contribution in [3.05, 3.63) is 69.0 Å². The molecule has 0 bridgehead atoms. The highest BCUT2D eigenvalue weighted by Gasteiger charge is 2.17. The molecule has 0 aliphatic rings. The molecule has 3 heteroatoms. The molecule has 0 aliphatic heterocycles. The van der Waals surface area contributed by atoms with Gasteiger partial charge in [-0.15, -0.1) is 11.3 Å². The maximum absolute atomic E-state index is 3.90. The molecule has 0 saturated heterocycles. The first-order valence-corrected chi connectivity index (χ1v) is 9.18. The van der Waals surface area contributed by atoms with Gasteiger partial charge in [-0.25, -0.2) is 0 Å². The zero-order valence-electron chi connectivity index (χ0n) is 11.1. The van der Waals surface area contributed by atoms with Gasteiger partial charge in [0.1, 0.15) is 0 Å². The Hall–Kier alpha value is -0.640. The molecule has 3 rings (SSSR count). The summed E-state index contributed by atoms with van der Waals surface area (Å²) in [6.45, 7) is 2.21. The van der Waals surface area contributed by atoms with Crippen LogP contribution in [0, 0.1) is 0 Å². The van der Waals surface area contributed by atoms with Crippen LogP contribution < -0.4 is 0 Å². The molecule has 2 aromatic carbocycles. The number of aryl methyl sites for hydroxylation is 1. The van der Waals surface area contributed by atoms with Gasteiger partial charge in [0.2, 0.25) is 0 Å². The Morgan fingerprint density at radius 2 is 1.85 bits per heavy atom. The molecule has 0 aliphatic carbocycles. The van der Waals surface area contributed by atoms with Crippen molar-refractivity contribution in [2.75, 3.05) is 0 Å². The van der Waals surface area contributed by atoms with Gasteiger partial charge in [0, 0.05) is 9.17 Å². The van der Waals surface area contributed by atoms with Gasteiger partial charge in [-0.3, -0.25) is 0 Å². The van der Waals surface area contributed by atoms with Crippen molar-refractivity contribution in [1.82, 2.24) is 0 Å². The zero-order valence-corrected chi connectivity index (χ0v) is 15.1. The third-order valence-corrected chi connectivity index (χ3v) is 6.52. The Labute approximate surface area is 140 Å². The summed E-state index contributed by atoms with van der Waals surface area (Å²) in [5.74, 6) is 0. The standard InChI is InChI=1S/C17H14Br2S/c1-2-11-6-3-4-7-12(11)16(19)14-10-20-17-13(14)8-5-9-15(17)18/h3-10,16H,2H2,1H3. The summed E-state index contributed by atoms with van der Waals surface area (Å²) >= 11 is 9.34. The Bertz CT molecular complexity index is 746. The third kappa shape index (κ3) is 2.47. The first-order chi connectivity index (χ1) is 9.72. The number of fused-ring (bicyclic) bond motifs is 1. The van der Waals surface area contributed by atoms with E-state index in [1.54, 1.807) is 11.3 Å². The van der Waals surface area contributed by atoms with Crippen LogP contribution in [0.15, 0.2) is 52.3 Å². The highest BCUT2D eigenvalue weighted by molar-refractivity contribution is 9.10. The molecule has 0 saturated carbocycles. The Kier molecular flexibility index (Phi) is 4.29. The van der Waals surface area contributed by atoms with Crippen LogP contribution in [0.5, 0.6) is 0 Å². The minimum Gasteiger partial charge on any atom is -0.142 e. The summed E-state index contributed by atoms with van der Waals surface area (Å²) in [6.07, 6.45) is 1.06. The summed E-state index contributed by atoms with van der Waals surface area (Å²) in [5, 5.41) is 3.60. The molecule has 0 amide bonds. The molecule has 0 nitrogen and oxygen atoms in total. The van der Waals surface area contributed by atoms with E-state index < -0.39 is 0 Å². The Morgan fingerprint density at radius 3 is 2.65 bits per heavy atom. The highest BCUT2D eigenvalue weighted by atomic mass is 79.9. The lowest BCUT2D eigenvalue weighted by atomic mass is 9.98. The molecular formula is C17H14Br2S. The largest absolute Gasteiger partial charge is 0.142 e. The van der Waals surface area contributed by atoms with Crippen LogP contribution in [0.2, 0.25) is 0 Å². The maximum atomic E-state index is 3.90. The molecule has 1 aromatic heterocycles. The number of hydrogen-bond acceptors (Lipinski definition) is 1. The average Bonchev–Trinajstić information content (AvgIpc) is 2.92. The lowest BCUT2D eigenvalue weighted by Gasteiger charge is -2.14. The highest BCUT2D eigenvalue weighted by Crippen LogP contribution is 2.41. The monoisotopic (exact) mass is 408 g/mol. The molecule has 102 valence electrons. The van der Waals surface area contributed by atoms with E-state index in [9.17, 15) is 0 Å². The summed E-state index contributed by atoms with van der Waals surface area (Å²) in [4.78, 5) is 0.252. The van der Waals surface area contributed by atoms with Crippen LogP contribution in [0.25, 0.3) is 10.1 Å². The second-order valence-electron chi connectivity index (χ2n) is 4.72. The molecule has 0 spiro atoms. The number of rotatable bonds is 3. The third-order valence-electron chi connectivity index (χ3n) is 3.56.